The molecule has 3 rings (SSSR count). The molecule has 0 amide bonds. The number of rotatable bonds is 2. The third-order valence-electron chi connectivity index (χ3n) is 4.99. The first-order valence-corrected chi connectivity index (χ1v) is 9.56. The fraction of sp³-hybridized carbons (Fsp3) is 0.500. The number of carbonyl (C=O) groups excluding carboxylic acids is 2. The van der Waals surface area contributed by atoms with Crippen LogP contribution in [0.5, 0.6) is 0 Å². The van der Waals surface area contributed by atoms with Gasteiger partial charge in [-0.05, 0) is 73.3 Å². The van der Waals surface area contributed by atoms with Crippen molar-refractivity contribution in [3.63, 3.8) is 0 Å². The summed E-state index contributed by atoms with van der Waals surface area (Å²) < 4.78 is 0. The van der Waals surface area contributed by atoms with Crippen molar-refractivity contribution < 1.29 is 9.59 Å². The van der Waals surface area contributed by atoms with Crippen LogP contribution in [0.3, 0.4) is 0 Å². The molecule has 0 bridgehead atoms. The van der Waals surface area contributed by atoms with E-state index in [1.54, 1.807) is 0 Å². The molecule has 122 valence electrons. The first-order chi connectivity index (χ1) is 11.0. The van der Waals surface area contributed by atoms with Crippen molar-refractivity contribution >= 4 is 23.3 Å². The maximum atomic E-state index is 12.9. The summed E-state index contributed by atoms with van der Waals surface area (Å²) in [6, 6.07) is 4.14. The van der Waals surface area contributed by atoms with E-state index in [0.29, 0.717) is 12.3 Å². The third-order valence-corrected chi connectivity index (χ3v) is 6.04. The Kier molecular flexibility index (Phi) is 4.77. The minimum absolute atomic E-state index is 0.0447. The average molecular weight is 328 g/mol. The van der Waals surface area contributed by atoms with Crippen molar-refractivity contribution in [1.29, 1.82) is 0 Å². The molecule has 2 aliphatic rings. The summed E-state index contributed by atoms with van der Waals surface area (Å²) >= 11 is 1.98. The lowest BCUT2D eigenvalue weighted by molar-refractivity contribution is -0.123. The largest absolute Gasteiger partial charge is 0.298 e. The summed E-state index contributed by atoms with van der Waals surface area (Å²) in [5.41, 5.74) is 5.00. The van der Waals surface area contributed by atoms with Crippen LogP contribution in [-0.4, -0.2) is 23.1 Å². The Morgan fingerprint density at radius 2 is 1.65 bits per heavy atom. The zero-order valence-corrected chi connectivity index (χ0v) is 15.0. The van der Waals surface area contributed by atoms with Gasteiger partial charge in [0.2, 0.25) is 0 Å². The highest BCUT2D eigenvalue weighted by Gasteiger charge is 2.39. The third kappa shape index (κ3) is 3.30. The number of allylic oxidation sites excluding steroid dienone is 2. The lowest BCUT2D eigenvalue weighted by Crippen LogP contribution is -2.16. The van der Waals surface area contributed by atoms with Crippen LogP contribution in [0.1, 0.15) is 47.4 Å². The van der Waals surface area contributed by atoms with Gasteiger partial charge < -0.3 is 0 Å². The standard InChI is InChI=1S/C20H24O2S/c1-12-8-13(2)18(14(3)9-12)19-17(21)11-16(20(19)22)10-15-4-6-23-7-5-15/h8-10,15,19H,4-7,11H2,1-3H3. The highest BCUT2D eigenvalue weighted by molar-refractivity contribution is 7.99. The highest BCUT2D eigenvalue weighted by atomic mass is 32.2. The zero-order chi connectivity index (χ0) is 16.6. The van der Waals surface area contributed by atoms with Crippen LogP contribution >= 0.6 is 11.8 Å². The van der Waals surface area contributed by atoms with E-state index in [9.17, 15) is 9.59 Å². The van der Waals surface area contributed by atoms with Crippen LogP contribution in [0.15, 0.2) is 23.8 Å². The molecular formula is C20H24O2S. The molecule has 1 aliphatic heterocycles. The summed E-state index contributed by atoms with van der Waals surface area (Å²) in [6.07, 6.45) is 4.69. The van der Waals surface area contributed by atoms with Gasteiger partial charge in [-0.2, -0.15) is 11.8 Å². The Labute approximate surface area is 142 Å². The molecule has 3 heteroatoms. The number of hydrogen-bond donors (Lipinski definition) is 0. The summed E-state index contributed by atoms with van der Waals surface area (Å²) in [5.74, 6) is 2.35. The smallest absolute Gasteiger partial charge is 0.173 e. The van der Waals surface area contributed by atoms with Gasteiger partial charge in [-0.15, -0.1) is 0 Å². The fourth-order valence-corrected chi connectivity index (χ4v) is 5.10. The molecule has 2 fully saturated rings. The number of hydrogen-bond acceptors (Lipinski definition) is 3. The van der Waals surface area contributed by atoms with E-state index in [2.05, 4.69) is 25.1 Å². The molecule has 23 heavy (non-hydrogen) atoms. The fourth-order valence-electron chi connectivity index (χ4n) is 3.96. The molecule has 1 aliphatic carbocycles. The maximum Gasteiger partial charge on any atom is 0.173 e. The number of Topliss-reactive ketones (excluding diaryl/α,β-unsaturated/α-hetero) is 2. The van der Waals surface area contributed by atoms with Crippen LogP contribution in [-0.2, 0) is 9.59 Å². The van der Waals surface area contributed by atoms with Crippen LogP contribution in [0.4, 0.5) is 0 Å². The van der Waals surface area contributed by atoms with E-state index >= 15 is 0 Å². The van der Waals surface area contributed by atoms with Crippen molar-refractivity contribution in [2.24, 2.45) is 5.92 Å². The number of aryl methyl sites for hydroxylation is 3. The van der Waals surface area contributed by atoms with Gasteiger partial charge in [0.1, 0.15) is 5.92 Å². The van der Waals surface area contributed by atoms with Gasteiger partial charge in [-0.1, -0.05) is 23.8 Å². The topological polar surface area (TPSA) is 34.1 Å². The highest BCUT2D eigenvalue weighted by Crippen LogP contribution is 2.37. The van der Waals surface area contributed by atoms with E-state index in [-0.39, 0.29) is 11.6 Å². The summed E-state index contributed by atoms with van der Waals surface area (Å²) in [6.45, 7) is 6.07. The van der Waals surface area contributed by atoms with Crippen LogP contribution < -0.4 is 0 Å². The molecule has 1 aromatic rings. The predicted molar refractivity (Wildman–Crippen MR) is 96.2 cm³/mol. The molecule has 0 radical (unpaired) electrons. The first kappa shape index (κ1) is 16.5. The molecule has 2 nitrogen and oxygen atoms in total. The number of thioether (sulfide) groups is 1. The monoisotopic (exact) mass is 328 g/mol. The second-order valence-electron chi connectivity index (χ2n) is 6.89. The second-order valence-corrected chi connectivity index (χ2v) is 8.12. The molecule has 0 aromatic heterocycles. The van der Waals surface area contributed by atoms with E-state index in [1.165, 1.54) is 5.56 Å². The van der Waals surface area contributed by atoms with Gasteiger partial charge in [0, 0.05) is 6.42 Å². The van der Waals surface area contributed by atoms with E-state index in [4.69, 9.17) is 0 Å². The van der Waals surface area contributed by atoms with Gasteiger partial charge in [0.05, 0.1) is 0 Å². The molecule has 1 unspecified atom stereocenters. The van der Waals surface area contributed by atoms with Crippen LogP contribution in [0.2, 0.25) is 0 Å². The van der Waals surface area contributed by atoms with Crippen molar-refractivity contribution in [3.05, 3.63) is 46.0 Å². The summed E-state index contributed by atoms with van der Waals surface area (Å²) in [5, 5.41) is 0. The van der Waals surface area contributed by atoms with Crippen molar-refractivity contribution in [2.75, 3.05) is 11.5 Å². The van der Waals surface area contributed by atoms with E-state index in [0.717, 1.165) is 46.6 Å². The predicted octanol–water partition coefficient (Wildman–Crippen LogP) is 4.31. The van der Waals surface area contributed by atoms with Crippen molar-refractivity contribution in [3.8, 4) is 0 Å². The normalized spacial score (nSPS) is 24.7. The van der Waals surface area contributed by atoms with Gasteiger partial charge in [-0.25, -0.2) is 0 Å². The van der Waals surface area contributed by atoms with Gasteiger partial charge >= 0.3 is 0 Å². The minimum Gasteiger partial charge on any atom is -0.298 e. The Morgan fingerprint density at radius 1 is 1.04 bits per heavy atom. The molecule has 1 aromatic carbocycles. The van der Waals surface area contributed by atoms with E-state index < -0.39 is 5.92 Å². The quantitative estimate of drug-likeness (QED) is 0.599. The molecule has 1 saturated carbocycles. The van der Waals surface area contributed by atoms with Gasteiger partial charge in [0.15, 0.2) is 11.6 Å². The Balaban J connectivity index is 1.91. The van der Waals surface area contributed by atoms with E-state index in [1.807, 2.05) is 25.6 Å². The lowest BCUT2D eigenvalue weighted by Gasteiger charge is -2.18. The van der Waals surface area contributed by atoms with Gasteiger partial charge in [-0.3, -0.25) is 9.59 Å². The Hall–Kier alpha value is -1.35. The second kappa shape index (κ2) is 6.64. The molecule has 1 saturated heterocycles. The lowest BCUT2D eigenvalue weighted by atomic mass is 9.87. The molecule has 1 heterocycles. The number of carbonyl (C=O) groups is 2. The zero-order valence-electron chi connectivity index (χ0n) is 14.1. The number of benzene rings is 1. The van der Waals surface area contributed by atoms with Crippen LogP contribution in [0, 0.1) is 26.7 Å². The maximum absolute atomic E-state index is 12.9. The minimum atomic E-state index is -0.570. The summed E-state index contributed by atoms with van der Waals surface area (Å²) in [7, 11) is 0. The van der Waals surface area contributed by atoms with Gasteiger partial charge in [0.25, 0.3) is 0 Å². The molecular weight excluding hydrogens is 304 g/mol. The first-order valence-electron chi connectivity index (χ1n) is 8.40. The molecule has 0 spiro atoms. The van der Waals surface area contributed by atoms with Crippen LogP contribution in [0.25, 0.3) is 0 Å². The van der Waals surface area contributed by atoms with Crippen molar-refractivity contribution in [1.82, 2.24) is 0 Å². The number of ketones is 2. The summed E-state index contributed by atoms with van der Waals surface area (Å²) in [4.78, 5) is 25.4. The Morgan fingerprint density at radius 3 is 2.26 bits per heavy atom. The Bertz CT molecular complexity index is 658. The van der Waals surface area contributed by atoms with Crippen molar-refractivity contribution in [2.45, 2.75) is 46.0 Å². The molecule has 0 N–H and O–H groups in total. The average Bonchev–Trinajstić information content (AvgIpc) is 2.75. The molecule has 1 atom stereocenters. The SMILES string of the molecule is Cc1cc(C)c(C2C(=O)CC(=CC3CCSCC3)C2=O)c(C)c1.